The van der Waals surface area contributed by atoms with Crippen LogP contribution in [0.25, 0.3) is 0 Å². The number of phenolic OH excluding ortho intramolecular Hbond substituents is 1. The zero-order chi connectivity index (χ0) is 13.4. The molecule has 104 valence electrons. The zero-order valence-electron chi connectivity index (χ0n) is 12.1. The maximum Gasteiger partial charge on any atom is 0.115 e. The zero-order valence-corrected chi connectivity index (χ0v) is 12.1. The topological polar surface area (TPSA) is 23.5 Å². The fraction of sp³-hybridized carbons (Fsp3) is 0.647. The highest BCUT2D eigenvalue weighted by molar-refractivity contribution is 5.40. The lowest BCUT2D eigenvalue weighted by molar-refractivity contribution is 0.119. The van der Waals surface area contributed by atoms with E-state index < -0.39 is 0 Å². The van der Waals surface area contributed by atoms with E-state index in [9.17, 15) is 5.11 Å². The predicted molar refractivity (Wildman–Crippen MR) is 78.6 cm³/mol. The second-order valence-corrected chi connectivity index (χ2v) is 6.28. The van der Waals surface area contributed by atoms with Crippen molar-refractivity contribution in [3.63, 3.8) is 0 Å². The van der Waals surface area contributed by atoms with E-state index in [1.54, 1.807) is 0 Å². The van der Waals surface area contributed by atoms with Gasteiger partial charge in [0, 0.05) is 6.04 Å². The third-order valence-electron chi connectivity index (χ3n) is 5.34. The summed E-state index contributed by atoms with van der Waals surface area (Å²) >= 11 is 0. The number of rotatable bonds is 2. The number of likely N-dealkylation sites (N-methyl/N-ethyl adjacent to an activating group) is 1. The lowest BCUT2D eigenvalue weighted by Crippen LogP contribution is -2.46. The number of fused-ring (bicyclic) bond motifs is 3. The molecule has 1 aromatic rings. The number of nitrogens with zero attached hydrogens (tertiary/aromatic N) is 1. The van der Waals surface area contributed by atoms with Gasteiger partial charge in [-0.3, -0.25) is 0 Å². The molecule has 0 radical (unpaired) electrons. The van der Waals surface area contributed by atoms with Crippen LogP contribution in [0.5, 0.6) is 5.75 Å². The Balaban J connectivity index is 1.99. The van der Waals surface area contributed by atoms with Crippen LogP contribution < -0.4 is 0 Å². The Morgan fingerprint density at radius 3 is 2.84 bits per heavy atom. The molecule has 1 N–H and O–H groups in total. The van der Waals surface area contributed by atoms with Gasteiger partial charge in [0.2, 0.25) is 0 Å². The van der Waals surface area contributed by atoms with Crippen molar-refractivity contribution in [3.8, 4) is 5.75 Å². The first kappa shape index (κ1) is 13.0. The van der Waals surface area contributed by atoms with Crippen molar-refractivity contribution in [2.24, 2.45) is 5.92 Å². The van der Waals surface area contributed by atoms with Crippen LogP contribution in [-0.4, -0.2) is 29.6 Å². The van der Waals surface area contributed by atoms with Crippen LogP contribution in [0.1, 0.15) is 49.7 Å². The molecule has 3 unspecified atom stereocenters. The number of aromatic hydroxyl groups is 1. The Morgan fingerprint density at radius 2 is 2.05 bits per heavy atom. The van der Waals surface area contributed by atoms with Gasteiger partial charge < -0.3 is 10.0 Å². The van der Waals surface area contributed by atoms with Crippen molar-refractivity contribution in [2.45, 2.75) is 51.0 Å². The maximum atomic E-state index is 9.79. The number of phenols is 1. The monoisotopic (exact) mass is 259 g/mol. The summed E-state index contributed by atoms with van der Waals surface area (Å²) in [7, 11) is 2.27. The lowest BCUT2D eigenvalue weighted by Gasteiger charge is -2.46. The maximum absolute atomic E-state index is 9.79. The number of hydrogen-bond acceptors (Lipinski definition) is 2. The van der Waals surface area contributed by atoms with E-state index in [0.29, 0.717) is 17.7 Å². The molecule has 0 amide bonds. The summed E-state index contributed by atoms with van der Waals surface area (Å²) in [4.78, 5) is 2.53. The molecule has 0 spiro atoms. The van der Waals surface area contributed by atoms with Gasteiger partial charge in [-0.2, -0.15) is 0 Å². The highest BCUT2D eigenvalue weighted by Gasteiger charge is 2.39. The van der Waals surface area contributed by atoms with Crippen molar-refractivity contribution in [2.75, 3.05) is 13.6 Å². The Hall–Kier alpha value is -1.02. The molecule has 1 aromatic carbocycles. The van der Waals surface area contributed by atoms with Crippen LogP contribution in [0.4, 0.5) is 0 Å². The van der Waals surface area contributed by atoms with Crippen molar-refractivity contribution < 1.29 is 5.11 Å². The fourth-order valence-electron chi connectivity index (χ4n) is 4.21. The van der Waals surface area contributed by atoms with Gasteiger partial charge in [0.25, 0.3) is 0 Å². The van der Waals surface area contributed by atoms with E-state index in [1.807, 2.05) is 12.1 Å². The molecule has 2 nitrogen and oxygen atoms in total. The normalized spacial score (nSPS) is 29.9. The summed E-state index contributed by atoms with van der Waals surface area (Å²) in [6.07, 6.45) is 6.53. The molecule has 0 bridgehead atoms. The van der Waals surface area contributed by atoms with E-state index in [4.69, 9.17) is 0 Å². The Bertz CT molecular complexity index is 457. The van der Waals surface area contributed by atoms with Crippen LogP contribution in [-0.2, 0) is 6.42 Å². The van der Waals surface area contributed by atoms with E-state index in [2.05, 4.69) is 24.9 Å². The Kier molecular flexibility index (Phi) is 3.53. The molecule has 2 heteroatoms. The van der Waals surface area contributed by atoms with Gasteiger partial charge >= 0.3 is 0 Å². The summed E-state index contributed by atoms with van der Waals surface area (Å²) in [6, 6.07) is 6.71. The molecule has 0 aromatic heterocycles. The first-order valence-corrected chi connectivity index (χ1v) is 7.72. The average Bonchev–Trinajstić information content (AvgIpc) is 2.46. The second kappa shape index (κ2) is 5.16. The highest BCUT2D eigenvalue weighted by Crippen LogP contribution is 2.47. The summed E-state index contributed by atoms with van der Waals surface area (Å²) in [5, 5.41) is 9.79. The molecule has 1 saturated carbocycles. The van der Waals surface area contributed by atoms with E-state index in [-0.39, 0.29) is 0 Å². The Morgan fingerprint density at radius 1 is 1.26 bits per heavy atom. The van der Waals surface area contributed by atoms with Crippen molar-refractivity contribution in [3.05, 3.63) is 29.3 Å². The van der Waals surface area contributed by atoms with Crippen LogP contribution in [0, 0.1) is 5.92 Å². The van der Waals surface area contributed by atoms with Gasteiger partial charge in [-0.1, -0.05) is 25.8 Å². The van der Waals surface area contributed by atoms with Crippen molar-refractivity contribution >= 4 is 0 Å². The largest absolute Gasteiger partial charge is 0.508 e. The first-order valence-electron chi connectivity index (χ1n) is 7.72. The smallest absolute Gasteiger partial charge is 0.115 e. The standard InChI is InChI=1S/C17H25NO/c1-3-18(2)17-10-12-8-9-13(19)11-16(12)14-6-4-5-7-15(14)17/h8-9,11,14-15,17,19H,3-7,10H2,1-2H3. The van der Waals surface area contributed by atoms with Gasteiger partial charge in [-0.25, -0.2) is 0 Å². The van der Waals surface area contributed by atoms with Gasteiger partial charge in [0.1, 0.15) is 5.75 Å². The predicted octanol–water partition coefficient (Wildman–Crippen LogP) is 3.54. The molecule has 0 heterocycles. The summed E-state index contributed by atoms with van der Waals surface area (Å²) in [5.74, 6) is 1.89. The summed E-state index contributed by atoms with van der Waals surface area (Å²) in [5.41, 5.74) is 2.90. The van der Waals surface area contributed by atoms with Crippen LogP contribution in [0.15, 0.2) is 18.2 Å². The molecule has 2 aliphatic rings. The molecule has 0 aliphatic heterocycles. The molecule has 0 saturated heterocycles. The number of benzene rings is 1. The minimum atomic E-state index is 0.436. The van der Waals surface area contributed by atoms with E-state index in [1.165, 1.54) is 36.8 Å². The quantitative estimate of drug-likeness (QED) is 0.878. The molecule has 3 rings (SSSR count). The van der Waals surface area contributed by atoms with Gasteiger partial charge in [-0.15, -0.1) is 0 Å². The van der Waals surface area contributed by atoms with E-state index in [0.717, 1.165) is 18.9 Å². The Labute approximate surface area is 116 Å². The third kappa shape index (κ3) is 2.27. The van der Waals surface area contributed by atoms with Crippen LogP contribution >= 0.6 is 0 Å². The molecule has 2 aliphatic carbocycles. The van der Waals surface area contributed by atoms with Crippen molar-refractivity contribution in [1.29, 1.82) is 0 Å². The average molecular weight is 259 g/mol. The van der Waals surface area contributed by atoms with Crippen molar-refractivity contribution in [1.82, 2.24) is 4.90 Å². The lowest BCUT2D eigenvalue weighted by atomic mass is 9.65. The van der Waals surface area contributed by atoms with Crippen LogP contribution in [0.2, 0.25) is 0 Å². The summed E-state index contributed by atoms with van der Waals surface area (Å²) < 4.78 is 0. The molecule has 19 heavy (non-hydrogen) atoms. The minimum Gasteiger partial charge on any atom is -0.508 e. The first-order chi connectivity index (χ1) is 9.20. The molecule has 3 atom stereocenters. The van der Waals surface area contributed by atoms with E-state index >= 15 is 0 Å². The fourth-order valence-corrected chi connectivity index (χ4v) is 4.21. The summed E-state index contributed by atoms with van der Waals surface area (Å²) in [6.45, 7) is 3.38. The van der Waals surface area contributed by atoms with Gasteiger partial charge in [0.15, 0.2) is 0 Å². The molecular formula is C17H25NO. The second-order valence-electron chi connectivity index (χ2n) is 6.28. The van der Waals surface area contributed by atoms with Crippen LogP contribution in [0.3, 0.4) is 0 Å². The highest BCUT2D eigenvalue weighted by atomic mass is 16.3. The third-order valence-corrected chi connectivity index (χ3v) is 5.34. The van der Waals surface area contributed by atoms with Gasteiger partial charge in [0.05, 0.1) is 0 Å². The molecule has 1 fully saturated rings. The molecular weight excluding hydrogens is 234 g/mol. The SMILES string of the molecule is CCN(C)C1Cc2ccc(O)cc2C2CCCCC21. The van der Waals surface area contributed by atoms with Gasteiger partial charge in [-0.05, 0) is 68.0 Å². The minimum absolute atomic E-state index is 0.436. The number of hydrogen-bond donors (Lipinski definition) is 1.